The summed E-state index contributed by atoms with van der Waals surface area (Å²) in [5.41, 5.74) is 2.32. The fourth-order valence-corrected chi connectivity index (χ4v) is 3.81. The summed E-state index contributed by atoms with van der Waals surface area (Å²) in [5.74, 6) is 0.529. The second-order valence-corrected chi connectivity index (χ2v) is 7.82. The molecule has 2 fully saturated rings. The van der Waals surface area contributed by atoms with Crippen molar-refractivity contribution in [3.63, 3.8) is 0 Å². The van der Waals surface area contributed by atoms with E-state index in [1.807, 2.05) is 30.3 Å². The molecule has 0 N–H and O–H groups in total. The third-order valence-corrected chi connectivity index (χ3v) is 5.58. The van der Waals surface area contributed by atoms with Crippen LogP contribution < -0.4 is 4.74 Å². The molecule has 0 unspecified atom stereocenters. The molecule has 0 bridgehead atoms. The molecular weight excluding hydrogens is 383 g/mol. The molecule has 2 saturated carbocycles. The van der Waals surface area contributed by atoms with Gasteiger partial charge in [-0.25, -0.2) is 4.39 Å². The predicted molar refractivity (Wildman–Crippen MR) is 113 cm³/mol. The summed E-state index contributed by atoms with van der Waals surface area (Å²) in [6.45, 7) is 3.08. The Morgan fingerprint density at radius 2 is 1.80 bits per heavy atom. The number of benzene rings is 2. The number of hydrogen-bond donors (Lipinski definition) is 0. The van der Waals surface area contributed by atoms with E-state index in [4.69, 9.17) is 4.74 Å². The Morgan fingerprint density at radius 3 is 2.37 bits per heavy atom. The average Bonchev–Trinajstić information content (AvgIpc) is 3.46. The number of ketones is 1. The first-order chi connectivity index (χ1) is 14.6. The number of halogens is 1. The third-order valence-electron chi connectivity index (χ3n) is 5.58. The fraction of sp³-hybridized carbons (Fsp3) is 0.440. The molecular formula is C25H29FO4. The van der Waals surface area contributed by atoms with Gasteiger partial charge in [0, 0.05) is 12.0 Å². The van der Waals surface area contributed by atoms with Gasteiger partial charge in [-0.2, -0.15) is 0 Å². The van der Waals surface area contributed by atoms with Crippen LogP contribution in [0.1, 0.15) is 72.9 Å². The van der Waals surface area contributed by atoms with Crippen molar-refractivity contribution < 1.29 is 23.5 Å². The number of rotatable bonds is 8. The van der Waals surface area contributed by atoms with Gasteiger partial charge in [-0.3, -0.25) is 9.59 Å². The standard InChI is InChI=1S/C22H23FO2.C3H6O2/c23-20-13-21(25-14-15-6-2-1-3-7-15)18(16-10-11-16)12-19(20)22(24)17-8-4-5-9-17;1-2-5-3-4/h1-3,6-7,12-13,16-17H,4-5,8-11,14H2;3H,2H2,1H3. The maximum Gasteiger partial charge on any atom is 0.293 e. The largest absolute Gasteiger partial charge is 0.489 e. The summed E-state index contributed by atoms with van der Waals surface area (Å²) in [7, 11) is 0. The van der Waals surface area contributed by atoms with Gasteiger partial charge < -0.3 is 9.47 Å². The molecule has 0 atom stereocenters. The molecule has 2 aliphatic carbocycles. The van der Waals surface area contributed by atoms with Gasteiger partial charge in [-0.05, 0) is 55.7 Å². The second kappa shape index (κ2) is 10.9. The van der Waals surface area contributed by atoms with Crippen LogP contribution in [0.25, 0.3) is 0 Å². The van der Waals surface area contributed by atoms with Crippen LogP contribution in [0.15, 0.2) is 42.5 Å². The van der Waals surface area contributed by atoms with Gasteiger partial charge in [0.05, 0.1) is 12.2 Å². The molecule has 0 radical (unpaired) electrons. The molecule has 0 spiro atoms. The third kappa shape index (κ3) is 5.91. The number of hydrogen-bond acceptors (Lipinski definition) is 4. The van der Waals surface area contributed by atoms with Crippen LogP contribution in [0, 0.1) is 11.7 Å². The number of Topliss-reactive ketones (excluding diaryl/α,β-unsaturated/α-hetero) is 1. The Hall–Kier alpha value is -2.69. The maximum atomic E-state index is 14.6. The van der Waals surface area contributed by atoms with Crippen molar-refractivity contribution in [1.29, 1.82) is 0 Å². The number of ether oxygens (including phenoxy) is 2. The van der Waals surface area contributed by atoms with Gasteiger partial charge in [-0.1, -0.05) is 43.2 Å². The Bertz CT molecular complexity index is 840. The fourth-order valence-electron chi connectivity index (χ4n) is 3.81. The van der Waals surface area contributed by atoms with Crippen molar-refractivity contribution in [3.05, 3.63) is 65.0 Å². The maximum absolute atomic E-state index is 14.6. The van der Waals surface area contributed by atoms with E-state index < -0.39 is 5.82 Å². The highest BCUT2D eigenvalue weighted by Gasteiger charge is 2.31. The van der Waals surface area contributed by atoms with Crippen LogP contribution >= 0.6 is 0 Å². The van der Waals surface area contributed by atoms with Crippen LogP contribution in [0.2, 0.25) is 0 Å². The lowest BCUT2D eigenvalue weighted by atomic mass is 9.93. The lowest BCUT2D eigenvalue weighted by molar-refractivity contribution is -0.128. The molecule has 160 valence electrons. The van der Waals surface area contributed by atoms with Crippen LogP contribution in [-0.4, -0.2) is 18.9 Å². The Balaban J connectivity index is 0.000000461. The second-order valence-electron chi connectivity index (χ2n) is 7.82. The first kappa shape index (κ1) is 22.0. The van der Waals surface area contributed by atoms with Crippen molar-refractivity contribution in [2.45, 2.75) is 58.0 Å². The summed E-state index contributed by atoms with van der Waals surface area (Å²) >= 11 is 0. The highest BCUT2D eigenvalue weighted by Crippen LogP contribution is 2.45. The van der Waals surface area contributed by atoms with E-state index in [0.717, 1.165) is 49.7 Å². The quantitative estimate of drug-likeness (QED) is 0.404. The normalized spacial score (nSPS) is 15.8. The summed E-state index contributed by atoms with van der Waals surface area (Å²) < 4.78 is 24.7. The summed E-state index contributed by atoms with van der Waals surface area (Å²) in [4.78, 5) is 21.9. The Kier molecular flexibility index (Phi) is 8.00. The van der Waals surface area contributed by atoms with Gasteiger partial charge in [-0.15, -0.1) is 0 Å². The van der Waals surface area contributed by atoms with Crippen LogP contribution in [0.3, 0.4) is 0 Å². The lowest BCUT2D eigenvalue weighted by Gasteiger charge is -2.15. The topological polar surface area (TPSA) is 52.6 Å². The molecule has 4 nitrogen and oxygen atoms in total. The van der Waals surface area contributed by atoms with E-state index in [0.29, 0.717) is 31.4 Å². The Morgan fingerprint density at radius 1 is 1.10 bits per heavy atom. The lowest BCUT2D eigenvalue weighted by Crippen LogP contribution is -2.14. The van der Waals surface area contributed by atoms with Crippen molar-refractivity contribution in [2.24, 2.45) is 5.92 Å². The van der Waals surface area contributed by atoms with E-state index in [1.165, 1.54) is 6.07 Å². The molecule has 5 heteroatoms. The van der Waals surface area contributed by atoms with Crippen molar-refractivity contribution in [2.75, 3.05) is 6.61 Å². The SMILES string of the molecule is CCOC=O.O=C(c1cc(C2CC2)c(OCc2ccccc2)cc1F)C1CCCC1. The minimum atomic E-state index is -0.440. The van der Waals surface area contributed by atoms with Gasteiger partial charge in [0.1, 0.15) is 18.2 Å². The number of carbonyl (C=O) groups excluding carboxylic acids is 2. The molecule has 0 aromatic heterocycles. The van der Waals surface area contributed by atoms with Gasteiger partial charge in [0.15, 0.2) is 5.78 Å². The minimum Gasteiger partial charge on any atom is -0.489 e. The minimum absolute atomic E-state index is 0.00219. The summed E-state index contributed by atoms with van der Waals surface area (Å²) in [6.07, 6.45) is 6.11. The summed E-state index contributed by atoms with van der Waals surface area (Å²) in [5, 5.41) is 0. The van der Waals surface area contributed by atoms with Gasteiger partial charge in [0.25, 0.3) is 6.47 Å². The molecule has 0 amide bonds. The van der Waals surface area contributed by atoms with Crippen molar-refractivity contribution in [1.82, 2.24) is 0 Å². The van der Waals surface area contributed by atoms with E-state index in [2.05, 4.69) is 4.74 Å². The predicted octanol–water partition coefficient (Wildman–Crippen LogP) is 5.83. The highest BCUT2D eigenvalue weighted by molar-refractivity contribution is 5.98. The van der Waals surface area contributed by atoms with Crippen LogP contribution in [-0.2, 0) is 16.1 Å². The molecule has 0 saturated heterocycles. The highest BCUT2D eigenvalue weighted by atomic mass is 19.1. The Labute approximate surface area is 177 Å². The van der Waals surface area contributed by atoms with E-state index in [1.54, 1.807) is 13.0 Å². The van der Waals surface area contributed by atoms with Gasteiger partial charge in [0.2, 0.25) is 0 Å². The first-order valence-corrected chi connectivity index (χ1v) is 10.7. The first-order valence-electron chi connectivity index (χ1n) is 10.7. The van der Waals surface area contributed by atoms with E-state index in [9.17, 15) is 14.0 Å². The molecule has 0 heterocycles. The average molecular weight is 413 g/mol. The van der Waals surface area contributed by atoms with Crippen LogP contribution in [0.4, 0.5) is 4.39 Å². The molecule has 30 heavy (non-hydrogen) atoms. The zero-order valence-electron chi connectivity index (χ0n) is 17.4. The van der Waals surface area contributed by atoms with Crippen molar-refractivity contribution >= 4 is 12.3 Å². The molecule has 0 aliphatic heterocycles. The number of carbonyl (C=O) groups is 2. The monoisotopic (exact) mass is 412 g/mol. The van der Waals surface area contributed by atoms with E-state index in [-0.39, 0.29) is 17.3 Å². The van der Waals surface area contributed by atoms with Crippen molar-refractivity contribution in [3.8, 4) is 5.75 Å². The molecule has 2 aromatic rings. The van der Waals surface area contributed by atoms with Gasteiger partial charge >= 0.3 is 0 Å². The molecule has 2 aromatic carbocycles. The van der Waals surface area contributed by atoms with Crippen LogP contribution in [0.5, 0.6) is 5.75 Å². The zero-order valence-corrected chi connectivity index (χ0v) is 17.4. The summed E-state index contributed by atoms with van der Waals surface area (Å²) in [6, 6.07) is 13.1. The van der Waals surface area contributed by atoms with E-state index >= 15 is 0 Å². The molecule has 2 aliphatic rings. The molecule has 4 rings (SSSR count). The smallest absolute Gasteiger partial charge is 0.293 e. The zero-order chi connectivity index (χ0) is 21.3.